The van der Waals surface area contributed by atoms with E-state index in [-0.39, 0.29) is 11.5 Å². The van der Waals surface area contributed by atoms with Crippen molar-refractivity contribution in [1.82, 2.24) is 0 Å². The van der Waals surface area contributed by atoms with Crippen LogP contribution in [0.15, 0.2) is 18.2 Å². The van der Waals surface area contributed by atoms with Gasteiger partial charge in [-0.15, -0.1) is 0 Å². The van der Waals surface area contributed by atoms with Gasteiger partial charge in [0.15, 0.2) is 0 Å². The molecule has 3 aliphatic rings. The first-order valence-corrected chi connectivity index (χ1v) is 7.46. The molecule has 0 amide bonds. The summed E-state index contributed by atoms with van der Waals surface area (Å²) in [5, 5.41) is 9.66. The van der Waals surface area contributed by atoms with Gasteiger partial charge in [0, 0.05) is 0 Å². The van der Waals surface area contributed by atoms with Crippen LogP contribution in [-0.4, -0.2) is 12.2 Å². The molecule has 2 bridgehead atoms. The predicted octanol–water partition coefficient (Wildman–Crippen LogP) is 3.18. The summed E-state index contributed by atoms with van der Waals surface area (Å²) in [5.41, 5.74) is 4.10. The van der Waals surface area contributed by atoms with Crippen molar-refractivity contribution in [2.75, 3.05) is 0 Å². The van der Waals surface area contributed by atoms with Gasteiger partial charge in [0.25, 0.3) is 0 Å². The number of benzene rings is 1. The summed E-state index contributed by atoms with van der Waals surface area (Å²) in [6, 6.07) is 9.45. The van der Waals surface area contributed by atoms with E-state index in [1.807, 2.05) is 0 Å². The van der Waals surface area contributed by atoms with E-state index in [9.17, 15) is 5.26 Å². The lowest BCUT2D eigenvalue weighted by Crippen LogP contribution is -2.33. The molecule has 0 aromatic heterocycles. The molecule has 1 aliphatic carbocycles. The van der Waals surface area contributed by atoms with Crippen LogP contribution in [0.25, 0.3) is 0 Å². The molecule has 2 saturated heterocycles. The number of rotatable bonds is 2. The van der Waals surface area contributed by atoms with E-state index in [4.69, 9.17) is 4.74 Å². The molecule has 0 spiro atoms. The lowest BCUT2D eigenvalue weighted by Gasteiger charge is -2.28. The maximum absolute atomic E-state index is 9.66. The number of fused-ring (bicyclic) bond motifs is 3. The van der Waals surface area contributed by atoms with Crippen molar-refractivity contribution in [2.45, 2.75) is 57.2 Å². The highest BCUT2D eigenvalue weighted by Gasteiger charge is 2.52. The largest absolute Gasteiger partial charge is 0.373 e. The van der Waals surface area contributed by atoms with Crippen LogP contribution in [0, 0.1) is 16.7 Å². The van der Waals surface area contributed by atoms with Crippen LogP contribution in [0.1, 0.15) is 42.4 Å². The minimum Gasteiger partial charge on any atom is -0.373 e. The second-order valence-corrected chi connectivity index (χ2v) is 6.43. The summed E-state index contributed by atoms with van der Waals surface area (Å²) in [6.45, 7) is 0. The normalized spacial score (nSPS) is 35.3. The summed E-state index contributed by atoms with van der Waals surface area (Å²) in [7, 11) is 0. The Bertz CT molecular complexity index is 559. The van der Waals surface area contributed by atoms with Crippen LogP contribution >= 0.6 is 0 Å². The fourth-order valence-electron chi connectivity index (χ4n) is 4.24. The van der Waals surface area contributed by atoms with Crippen molar-refractivity contribution < 1.29 is 4.74 Å². The van der Waals surface area contributed by atoms with Crippen LogP contribution in [0.2, 0.25) is 0 Å². The van der Waals surface area contributed by atoms with Gasteiger partial charge in [0.05, 0.1) is 23.7 Å². The zero-order chi connectivity index (χ0) is 12.9. The molecule has 1 aromatic rings. The average Bonchev–Trinajstić information content (AvgIpc) is 3.12. The zero-order valence-electron chi connectivity index (χ0n) is 11.2. The van der Waals surface area contributed by atoms with E-state index in [1.54, 1.807) is 0 Å². The monoisotopic (exact) mass is 253 g/mol. The summed E-state index contributed by atoms with van der Waals surface area (Å²) in [6.07, 6.45) is 8.29. The SMILES string of the molecule is N#CC1(Cc2ccc3c(c2)CCC3)CC2CCC1O2. The molecule has 0 N–H and O–H groups in total. The second-order valence-electron chi connectivity index (χ2n) is 6.43. The quantitative estimate of drug-likeness (QED) is 0.811. The van der Waals surface area contributed by atoms with Crippen molar-refractivity contribution in [1.29, 1.82) is 5.26 Å². The maximum atomic E-state index is 9.66. The molecule has 3 unspecified atom stereocenters. The minimum absolute atomic E-state index is 0.177. The highest BCUT2D eigenvalue weighted by atomic mass is 16.5. The first kappa shape index (κ1) is 11.5. The van der Waals surface area contributed by atoms with Gasteiger partial charge in [-0.2, -0.15) is 5.26 Å². The van der Waals surface area contributed by atoms with Crippen LogP contribution in [0.4, 0.5) is 0 Å². The van der Waals surface area contributed by atoms with Gasteiger partial charge in [-0.3, -0.25) is 0 Å². The minimum atomic E-state index is -0.254. The third kappa shape index (κ3) is 1.72. The first-order chi connectivity index (χ1) is 9.29. The van der Waals surface area contributed by atoms with E-state index in [0.29, 0.717) is 6.10 Å². The molecule has 98 valence electrons. The standard InChI is InChI=1S/C17H19NO/c18-11-17(10-15-6-7-16(17)19-15)9-12-4-5-13-2-1-3-14(13)8-12/h4-5,8,15-16H,1-3,6-7,9-10H2. The predicted molar refractivity (Wildman–Crippen MR) is 72.7 cm³/mol. The Morgan fingerprint density at radius 2 is 2.16 bits per heavy atom. The Hall–Kier alpha value is -1.33. The molecule has 2 aliphatic heterocycles. The van der Waals surface area contributed by atoms with Gasteiger partial charge in [0.1, 0.15) is 0 Å². The van der Waals surface area contributed by atoms with Gasteiger partial charge >= 0.3 is 0 Å². The number of nitrogens with zero attached hydrogens (tertiary/aromatic N) is 1. The molecule has 19 heavy (non-hydrogen) atoms. The first-order valence-electron chi connectivity index (χ1n) is 7.46. The van der Waals surface area contributed by atoms with Crippen molar-refractivity contribution >= 4 is 0 Å². The van der Waals surface area contributed by atoms with Gasteiger partial charge in [-0.25, -0.2) is 0 Å². The van der Waals surface area contributed by atoms with E-state index in [2.05, 4.69) is 24.3 Å². The maximum Gasteiger partial charge on any atom is 0.0899 e. The number of hydrogen-bond acceptors (Lipinski definition) is 2. The van der Waals surface area contributed by atoms with Crippen molar-refractivity contribution in [3.8, 4) is 6.07 Å². The van der Waals surface area contributed by atoms with Gasteiger partial charge in [0.2, 0.25) is 0 Å². The lowest BCUT2D eigenvalue weighted by molar-refractivity contribution is 0.0787. The van der Waals surface area contributed by atoms with Crippen LogP contribution in [0.3, 0.4) is 0 Å². The molecule has 2 fully saturated rings. The van der Waals surface area contributed by atoms with Crippen molar-refractivity contribution in [2.24, 2.45) is 5.41 Å². The number of aryl methyl sites for hydroxylation is 2. The molecule has 4 rings (SSSR count). The molecule has 3 atom stereocenters. The Balaban J connectivity index is 1.62. The van der Waals surface area contributed by atoms with Crippen LogP contribution < -0.4 is 0 Å². The summed E-state index contributed by atoms with van der Waals surface area (Å²) in [5.74, 6) is 0. The highest BCUT2D eigenvalue weighted by Crippen LogP contribution is 2.49. The fourth-order valence-corrected chi connectivity index (χ4v) is 4.24. The summed E-state index contributed by atoms with van der Waals surface area (Å²) < 4.78 is 5.92. The molecular weight excluding hydrogens is 234 g/mol. The van der Waals surface area contributed by atoms with Crippen molar-refractivity contribution in [3.05, 3.63) is 34.9 Å². The van der Waals surface area contributed by atoms with Gasteiger partial charge in [-0.05, 0) is 61.6 Å². The van der Waals surface area contributed by atoms with Crippen LogP contribution in [-0.2, 0) is 24.0 Å². The topological polar surface area (TPSA) is 33.0 Å². The Labute approximate surface area is 114 Å². The number of ether oxygens (including phenoxy) is 1. The Morgan fingerprint density at radius 1 is 1.26 bits per heavy atom. The molecule has 2 heteroatoms. The fraction of sp³-hybridized carbons (Fsp3) is 0.588. The number of hydrogen-bond donors (Lipinski definition) is 0. The van der Waals surface area contributed by atoms with E-state index in [1.165, 1.54) is 36.0 Å². The smallest absolute Gasteiger partial charge is 0.0899 e. The van der Waals surface area contributed by atoms with Crippen LogP contribution in [0.5, 0.6) is 0 Å². The Morgan fingerprint density at radius 3 is 2.89 bits per heavy atom. The van der Waals surface area contributed by atoms with Gasteiger partial charge < -0.3 is 4.74 Å². The highest BCUT2D eigenvalue weighted by molar-refractivity contribution is 5.36. The van der Waals surface area contributed by atoms with Crippen molar-refractivity contribution in [3.63, 3.8) is 0 Å². The summed E-state index contributed by atoms with van der Waals surface area (Å²) >= 11 is 0. The molecule has 2 heterocycles. The molecule has 0 radical (unpaired) electrons. The van der Waals surface area contributed by atoms with E-state index >= 15 is 0 Å². The molecule has 0 saturated carbocycles. The number of nitriles is 1. The average molecular weight is 253 g/mol. The Kier molecular flexibility index (Phi) is 2.47. The molecular formula is C17H19NO. The molecule has 2 nitrogen and oxygen atoms in total. The molecule has 1 aromatic carbocycles. The third-order valence-electron chi connectivity index (χ3n) is 5.22. The van der Waals surface area contributed by atoms with E-state index < -0.39 is 0 Å². The third-order valence-corrected chi connectivity index (χ3v) is 5.22. The summed E-state index contributed by atoms with van der Waals surface area (Å²) in [4.78, 5) is 0. The van der Waals surface area contributed by atoms with Gasteiger partial charge in [-0.1, -0.05) is 18.2 Å². The second kappa shape index (κ2) is 4.08. The zero-order valence-corrected chi connectivity index (χ0v) is 11.2. The lowest BCUT2D eigenvalue weighted by atomic mass is 9.71. The van der Waals surface area contributed by atoms with E-state index in [0.717, 1.165) is 25.7 Å².